The van der Waals surface area contributed by atoms with E-state index in [4.69, 9.17) is 16.3 Å². The van der Waals surface area contributed by atoms with Crippen molar-refractivity contribution in [3.63, 3.8) is 0 Å². The molecule has 0 aliphatic heterocycles. The first-order chi connectivity index (χ1) is 6.49. The molecule has 0 heterocycles. The molecule has 0 aromatic heterocycles. The van der Waals surface area contributed by atoms with Gasteiger partial charge in [-0.2, -0.15) is 0 Å². The molecule has 0 bridgehead atoms. The maximum absolute atomic E-state index is 11.2. The minimum absolute atomic E-state index is 0.420. The predicted octanol–water partition coefficient (Wildman–Crippen LogP) is 2.84. The molecule has 76 valence electrons. The Hall–Kier alpha value is -1.02. The van der Waals surface area contributed by atoms with E-state index >= 15 is 0 Å². The maximum atomic E-state index is 11.2. The van der Waals surface area contributed by atoms with Crippen molar-refractivity contribution in [2.75, 3.05) is 0 Å². The van der Waals surface area contributed by atoms with Crippen molar-refractivity contribution in [1.82, 2.24) is 0 Å². The standard InChI is InChI=1S/C11H13ClO2/c1-7-4-8(2)6-10(5-7)14-11(13)9(3)12/h4-6,9H,1-3H3. The van der Waals surface area contributed by atoms with Crippen LogP contribution in [0, 0.1) is 13.8 Å². The number of alkyl halides is 1. The summed E-state index contributed by atoms with van der Waals surface area (Å²) in [6.45, 7) is 5.50. The lowest BCUT2D eigenvalue weighted by atomic mass is 10.1. The Morgan fingerprint density at radius 1 is 1.29 bits per heavy atom. The first-order valence-electron chi connectivity index (χ1n) is 4.43. The molecule has 0 N–H and O–H groups in total. The zero-order chi connectivity index (χ0) is 10.7. The van der Waals surface area contributed by atoms with Crippen LogP contribution in [0.25, 0.3) is 0 Å². The molecule has 0 aliphatic carbocycles. The van der Waals surface area contributed by atoms with Gasteiger partial charge in [-0.25, -0.2) is 0 Å². The molecule has 1 unspecified atom stereocenters. The Labute approximate surface area is 88.8 Å². The van der Waals surface area contributed by atoms with E-state index in [0.717, 1.165) is 11.1 Å². The predicted molar refractivity (Wildman–Crippen MR) is 56.9 cm³/mol. The first-order valence-corrected chi connectivity index (χ1v) is 4.87. The van der Waals surface area contributed by atoms with Crippen LogP contribution in [-0.2, 0) is 4.79 Å². The smallest absolute Gasteiger partial charge is 0.329 e. The van der Waals surface area contributed by atoms with E-state index < -0.39 is 11.3 Å². The van der Waals surface area contributed by atoms with E-state index in [9.17, 15) is 4.79 Å². The Balaban J connectivity index is 2.82. The van der Waals surface area contributed by atoms with Gasteiger partial charge < -0.3 is 4.74 Å². The highest BCUT2D eigenvalue weighted by Crippen LogP contribution is 2.17. The lowest BCUT2D eigenvalue weighted by molar-refractivity contribution is -0.133. The van der Waals surface area contributed by atoms with Crippen LogP contribution in [0.5, 0.6) is 5.75 Å². The molecule has 1 atom stereocenters. The minimum Gasteiger partial charge on any atom is -0.425 e. The van der Waals surface area contributed by atoms with E-state index in [0.29, 0.717) is 5.75 Å². The molecule has 0 spiro atoms. The second kappa shape index (κ2) is 4.47. The maximum Gasteiger partial charge on any atom is 0.329 e. The fourth-order valence-corrected chi connectivity index (χ4v) is 1.23. The molecule has 0 saturated carbocycles. The molecule has 0 saturated heterocycles. The number of aryl methyl sites for hydroxylation is 2. The molecule has 14 heavy (non-hydrogen) atoms. The van der Waals surface area contributed by atoms with Gasteiger partial charge in [-0.15, -0.1) is 11.6 Å². The second-order valence-electron chi connectivity index (χ2n) is 3.36. The normalized spacial score (nSPS) is 12.3. The molecule has 0 amide bonds. The Morgan fingerprint density at radius 3 is 2.21 bits per heavy atom. The van der Waals surface area contributed by atoms with Gasteiger partial charge in [-0.1, -0.05) is 6.07 Å². The number of ether oxygens (including phenoxy) is 1. The summed E-state index contributed by atoms with van der Waals surface area (Å²) in [4.78, 5) is 11.2. The van der Waals surface area contributed by atoms with Gasteiger partial charge in [0.1, 0.15) is 11.1 Å². The third-order valence-corrected chi connectivity index (χ3v) is 1.92. The largest absolute Gasteiger partial charge is 0.425 e. The molecule has 0 aliphatic rings. The third kappa shape index (κ3) is 3.04. The van der Waals surface area contributed by atoms with E-state index in [1.54, 1.807) is 6.92 Å². The molecule has 1 aromatic rings. The van der Waals surface area contributed by atoms with Gasteiger partial charge in [-0.3, -0.25) is 4.79 Å². The third-order valence-electron chi connectivity index (χ3n) is 1.74. The molecular weight excluding hydrogens is 200 g/mol. The fraction of sp³-hybridized carbons (Fsp3) is 0.364. The van der Waals surface area contributed by atoms with Gasteiger partial charge in [0, 0.05) is 0 Å². The molecule has 1 rings (SSSR count). The summed E-state index contributed by atoms with van der Waals surface area (Å²) in [6, 6.07) is 5.63. The zero-order valence-electron chi connectivity index (χ0n) is 8.50. The van der Waals surface area contributed by atoms with E-state index in [1.807, 2.05) is 32.0 Å². The van der Waals surface area contributed by atoms with Gasteiger partial charge in [0.2, 0.25) is 0 Å². The Bertz CT molecular complexity index is 325. The van der Waals surface area contributed by atoms with Crippen molar-refractivity contribution in [2.45, 2.75) is 26.1 Å². The van der Waals surface area contributed by atoms with E-state index in [-0.39, 0.29) is 0 Å². The monoisotopic (exact) mass is 212 g/mol. The molecule has 1 aromatic carbocycles. The summed E-state index contributed by atoms with van der Waals surface area (Å²) in [5.41, 5.74) is 2.13. The average molecular weight is 213 g/mol. The van der Waals surface area contributed by atoms with Crippen molar-refractivity contribution in [3.05, 3.63) is 29.3 Å². The highest BCUT2D eigenvalue weighted by molar-refractivity contribution is 6.29. The van der Waals surface area contributed by atoms with Crippen LogP contribution in [0.2, 0.25) is 0 Å². The van der Waals surface area contributed by atoms with Crippen molar-refractivity contribution >= 4 is 17.6 Å². The Morgan fingerprint density at radius 2 is 1.79 bits per heavy atom. The van der Waals surface area contributed by atoms with Gasteiger partial charge in [0.05, 0.1) is 0 Å². The zero-order valence-corrected chi connectivity index (χ0v) is 9.26. The van der Waals surface area contributed by atoms with Crippen LogP contribution < -0.4 is 4.74 Å². The van der Waals surface area contributed by atoms with Gasteiger partial charge in [0.15, 0.2) is 0 Å². The number of hydrogen-bond donors (Lipinski definition) is 0. The van der Waals surface area contributed by atoms with Crippen molar-refractivity contribution < 1.29 is 9.53 Å². The molecule has 0 fully saturated rings. The summed E-state index contributed by atoms with van der Waals surface area (Å²) in [7, 11) is 0. The number of halogens is 1. The number of carbonyl (C=O) groups excluding carboxylic acids is 1. The van der Waals surface area contributed by atoms with Gasteiger partial charge in [0.25, 0.3) is 0 Å². The molecular formula is C11H13ClO2. The van der Waals surface area contributed by atoms with Crippen molar-refractivity contribution in [2.24, 2.45) is 0 Å². The number of benzene rings is 1. The summed E-state index contributed by atoms with van der Waals surface area (Å²) < 4.78 is 5.07. The minimum atomic E-state index is -0.615. The van der Waals surface area contributed by atoms with Crippen LogP contribution in [0.4, 0.5) is 0 Å². The second-order valence-corrected chi connectivity index (χ2v) is 4.02. The first kappa shape index (κ1) is 11.1. The summed E-state index contributed by atoms with van der Waals surface area (Å²) in [5.74, 6) is 0.136. The fourth-order valence-electron chi connectivity index (χ4n) is 1.19. The van der Waals surface area contributed by atoms with Crippen LogP contribution in [0.15, 0.2) is 18.2 Å². The van der Waals surface area contributed by atoms with Crippen LogP contribution in [0.3, 0.4) is 0 Å². The lowest BCUT2D eigenvalue weighted by Gasteiger charge is -2.07. The summed E-state index contributed by atoms with van der Waals surface area (Å²) in [5, 5.41) is -0.615. The van der Waals surface area contributed by atoms with E-state index in [2.05, 4.69) is 0 Å². The molecule has 2 nitrogen and oxygen atoms in total. The number of hydrogen-bond acceptors (Lipinski definition) is 2. The van der Waals surface area contributed by atoms with Crippen LogP contribution in [0.1, 0.15) is 18.1 Å². The SMILES string of the molecule is Cc1cc(C)cc(OC(=O)C(C)Cl)c1. The molecule has 0 radical (unpaired) electrons. The number of esters is 1. The van der Waals surface area contributed by atoms with Crippen molar-refractivity contribution in [1.29, 1.82) is 0 Å². The Kier molecular flexibility index (Phi) is 3.53. The summed E-state index contributed by atoms with van der Waals surface area (Å²) >= 11 is 5.58. The number of carbonyl (C=O) groups is 1. The van der Waals surface area contributed by atoms with Crippen LogP contribution in [-0.4, -0.2) is 11.3 Å². The summed E-state index contributed by atoms with van der Waals surface area (Å²) in [6.07, 6.45) is 0. The van der Waals surface area contributed by atoms with Crippen LogP contribution >= 0.6 is 11.6 Å². The quantitative estimate of drug-likeness (QED) is 0.428. The van der Waals surface area contributed by atoms with Gasteiger partial charge >= 0.3 is 5.97 Å². The topological polar surface area (TPSA) is 26.3 Å². The average Bonchev–Trinajstić information content (AvgIpc) is 2.01. The number of rotatable bonds is 2. The van der Waals surface area contributed by atoms with E-state index in [1.165, 1.54) is 0 Å². The highest BCUT2D eigenvalue weighted by Gasteiger charge is 2.11. The lowest BCUT2D eigenvalue weighted by Crippen LogP contribution is -2.17. The van der Waals surface area contributed by atoms with Crippen molar-refractivity contribution in [3.8, 4) is 5.75 Å². The molecule has 3 heteroatoms. The highest BCUT2D eigenvalue weighted by atomic mass is 35.5. The van der Waals surface area contributed by atoms with Gasteiger partial charge in [-0.05, 0) is 44.0 Å².